The number of aryl methyl sites for hydroxylation is 2. The zero-order valence-corrected chi connectivity index (χ0v) is 38.5. The molecule has 8 rings (SSSR count). The van der Waals surface area contributed by atoms with Crippen molar-refractivity contribution in [3.05, 3.63) is 154 Å². The van der Waals surface area contributed by atoms with Gasteiger partial charge in [-0.2, -0.15) is 22.7 Å². The Bertz CT molecular complexity index is 2230. The van der Waals surface area contributed by atoms with E-state index in [1.54, 1.807) is 0 Å². The first-order valence-electron chi connectivity index (χ1n) is 17.6. The zero-order valence-electron chi connectivity index (χ0n) is 31.8. The minimum atomic E-state index is 0. The van der Waals surface area contributed by atoms with Crippen LogP contribution >= 0.6 is 22.7 Å². The van der Waals surface area contributed by atoms with E-state index in [9.17, 15) is 0 Å². The molecular formula is C48H46Cl2HfS2. The molecule has 5 heteroatoms. The Balaban J connectivity index is 0.000000224. The van der Waals surface area contributed by atoms with E-state index < -0.39 is 0 Å². The zero-order chi connectivity index (χ0) is 35.2. The van der Waals surface area contributed by atoms with Crippen LogP contribution in [0.25, 0.3) is 64.7 Å². The molecule has 0 spiro atoms. The van der Waals surface area contributed by atoms with Gasteiger partial charge in [-0.25, -0.2) is 0 Å². The molecule has 0 N–H and O–H groups in total. The van der Waals surface area contributed by atoms with Crippen LogP contribution in [-0.4, -0.2) is 0 Å². The predicted octanol–water partition coefficient (Wildman–Crippen LogP) is 9.13. The summed E-state index contributed by atoms with van der Waals surface area (Å²) in [5, 5.41) is 5.32. The Morgan fingerprint density at radius 3 is 1.11 bits per heavy atom. The van der Waals surface area contributed by atoms with Gasteiger partial charge in [0.05, 0.1) is 0 Å². The van der Waals surface area contributed by atoms with Crippen LogP contribution in [0.3, 0.4) is 0 Å². The fourth-order valence-electron chi connectivity index (χ4n) is 6.74. The molecule has 0 saturated carbocycles. The average Bonchev–Trinajstić information content (AvgIpc) is 3.90. The Morgan fingerprint density at radius 2 is 0.811 bits per heavy atom. The normalized spacial score (nSPS) is 11.3. The van der Waals surface area contributed by atoms with E-state index >= 15 is 0 Å². The van der Waals surface area contributed by atoms with Crippen molar-refractivity contribution in [2.45, 2.75) is 66.2 Å². The standard InChI is InChI=1S/2C24H23S.2ClH.Hf/c2*1-16-8-13-23(25-16)19-14-18-6-5-7-21(22(18)15-19)17-9-11-20(12-10-17)24(2,3)4;;;/h2*5-15H,1-4H3;2*1H;/q2*-1;;;+4/p-2. The second-order valence-electron chi connectivity index (χ2n) is 15.6. The van der Waals surface area contributed by atoms with E-state index in [1.807, 2.05) is 22.7 Å². The summed E-state index contributed by atoms with van der Waals surface area (Å²) in [6.45, 7) is 17.9. The van der Waals surface area contributed by atoms with Crippen molar-refractivity contribution >= 4 is 44.2 Å². The van der Waals surface area contributed by atoms with Crippen molar-refractivity contribution in [3.63, 3.8) is 0 Å². The van der Waals surface area contributed by atoms with E-state index in [1.165, 1.54) is 85.6 Å². The van der Waals surface area contributed by atoms with Crippen LogP contribution in [0.4, 0.5) is 0 Å². The van der Waals surface area contributed by atoms with Gasteiger partial charge in [-0.05, 0) is 66.4 Å². The maximum Gasteiger partial charge on any atom is 4.00 e. The smallest absolute Gasteiger partial charge is 1.00 e. The largest absolute Gasteiger partial charge is 4.00 e. The fraction of sp³-hybridized carbons (Fsp3) is 0.208. The minimum Gasteiger partial charge on any atom is -1.00 e. The molecule has 0 nitrogen and oxygen atoms in total. The summed E-state index contributed by atoms with van der Waals surface area (Å²) in [6.07, 6.45) is 0. The van der Waals surface area contributed by atoms with E-state index in [2.05, 4.69) is 189 Å². The topological polar surface area (TPSA) is 0 Å². The third-order valence-corrected chi connectivity index (χ3v) is 11.8. The van der Waals surface area contributed by atoms with Gasteiger partial charge < -0.3 is 24.8 Å². The third kappa shape index (κ3) is 9.43. The van der Waals surface area contributed by atoms with Gasteiger partial charge in [0.25, 0.3) is 0 Å². The van der Waals surface area contributed by atoms with Crippen molar-refractivity contribution in [1.82, 2.24) is 0 Å². The summed E-state index contributed by atoms with van der Waals surface area (Å²) >= 11 is 3.72. The fourth-order valence-corrected chi connectivity index (χ4v) is 8.45. The Morgan fingerprint density at radius 1 is 0.453 bits per heavy atom. The van der Waals surface area contributed by atoms with Gasteiger partial charge in [-0.1, -0.05) is 150 Å². The van der Waals surface area contributed by atoms with Crippen molar-refractivity contribution in [3.8, 4) is 43.1 Å². The maximum atomic E-state index is 2.34. The van der Waals surface area contributed by atoms with Gasteiger partial charge >= 0.3 is 25.8 Å². The first kappa shape index (κ1) is 42.7. The van der Waals surface area contributed by atoms with E-state index in [0.29, 0.717) is 0 Å². The minimum absolute atomic E-state index is 0. The number of halogens is 2. The first-order chi connectivity index (χ1) is 23.8. The van der Waals surface area contributed by atoms with E-state index in [-0.39, 0.29) is 61.5 Å². The van der Waals surface area contributed by atoms with Crippen molar-refractivity contribution in [1.29, 1.82) is 0 Å². The molecule has 0 fully saturated rings. The van der Waals surface area contributed by atoms with Crippen molar-refractivity contribution < 1.29 is 50.7 Å². The molecule has 0 unspecified atom stereocenters. The van der Waals surface area contributed by atoms with Gasteiger partial charge in [0.2, 0.25) is 0 Å². The van der Waals surface area contributed by atoms with Gasteiger partial charge in [0.1, 0.15) is 0 Å². The Kier molecular flexibility index (Phi) is 13.8. The van der Waals surface area contributed by atoms with Crippen LogP contribution in [-0.2, 0) is 36.7 Å². The predicted molar refractivity (Wildman–Crippen MR) is 223 cm³/mol. The second-order valence-corrected chi connectivity index (χ2v) is 18.2. The molecule has 268 valence electrons. The van der Waals surface area contributed by atoms with Gasteiger partial charge in [0, 0.05) is 0 Å². The molecule has 0 saturated heterocycles. The molecular weight excluding hydrogens is 890 g/mol. The van der Waals surface area contributed by atoms with Crippen LogP contribution in [0, 0.1) is 13.8 Å². The molecule has 0 bridgehead atoms. The summed E-state index contributed by atoms with van der Waals surface area (Å²) in [4.78, 5) is 5.42. The number of rotatable bonds is 4. The number of hydrogen-bond acceptors (Lipinski definition) is 2. The van der Waals surface area contributed by atoms with E-state index in [0.717, 1.165) is 0 Å². The number of benzene rings is 4. The Hall–Kier alpha value is -3.05. The van der Waals surface area contributed by atoms with Crippen LogP contribution < -0.4 is 24.8 Å². The van der Waals surface area contributed by atoms with Gasteiger partial charge in [0.15, 0.2) is 0 Å². The average molecular weight is 936 g/mol. The summed E-state index contributed by atoms with van der Waals surface area (Å²) in [5.74, 6) is 0. The molecule has 0 aliphatic carbocycles. The molecule has 2 heterocycles. The molecule has 0 aliphatic rings. The molecule has 0 atom stereocenters. The number of fused-ring (bicyclic) bond motifs is 2. The molecule has 0 amide bonds. The van der Waals surface area contributed by atoms with Crippen LogP contribution in [0.5, 0.6) is 0 Å². The SMILES string of the molecule is Cc1ccc(-c2cc3c(-c4ccc(C(C)(C)C)cc4)cccc3[cH-]2)s1.Cc1ccc(-c2cc3c(-c4ccc(C(C)(C)C)cc4)cccc3[cH-]2)s1.[Cl-].[Cl-].[Hf+4]. The molecule has 0 aliphatic heterocycles. The van der Waals surface area contributed by atoms with Crippen LogP contribution in [0.2, 0.25) is 0 Å². The van der Waals surface area contributed by atoms with Crippen LogP contribution in [0.1, 0.15) is 62.4 Å². The van der Waals surface area contributed by atoms with Crippen molar-refractivity contribution in [2.24, 2.45) is 0 Å². The number of hydrogen-bond donors (Lipinski definition) is 0. The molecule has 8 aromatic rings. The molecule has 6 aromatic carbocycles. The summed E-state index contributed by atoms with van der Waals surface area (Å²) < 4.78 is 0. The molecule has 53 heavy (non-hydrogen) atoms. The Labute approximate surface area is 355 Å². The maximum absolute atomic E-state index is 2.34. The van der Waals surface area contributed by atoms with E-state index in [4.69, 9.17) is 0 Å². The summed E-state index contributed by atoms with van der Waals surface area (Å²) in [7, 11) is 0. The monoisotopic (exact) mass is 936 g/mol. The summed E-state index contributed by atoms with van der Waals surface area (Å²) in [6, 6.07) is 49.5. The van der Waals surface area contributed by atoms with Gasteiger partial charge in [-0.15, -0.1) is 69.1 Å². The van der Waals surface area contributed by atoms with Crippen molar-refractivity contribution in [2.75, 3.05) is 0 Å². The summed E-state index contributed by atoms with van der Waals surface area (Å²) in [5.41, 5.74) is 11.0. The molecule has 2 aromatic heterocycles. The quantitative estimate of drug-likeness (QED) is 0.122. The third-order valence-electron chi connectivity index (χ3n) is 9.68. The van der Waals surface area contributed by atoms with Crippen LogP contribution in [0.15, 0.2) is 133 Å². The first-order valence-corrected chi connectivity index (χ1v) is 19.2. The molecule has 0 radical (unpaired) electrons. The second kappa shape index (κ2) is 17.2. The van der Waals surface area contributed by atoms with Gasteiger partial charge in [-0.3, -0.25) is 0 Å². The number of thiophene rings is 2.